The first-order valence-corrected chi connectivity index (χ1v) is 13.3. The molecule has 1 unspecified atom stereocenters. The molecule has 3 aromatic rings. The number of hydrogen-bond acceptors (Lipinski definition) is 8. The van der Waals surface area contributed by atoms with E-state index in [-0.39, 0.29) is 29.4 Å². The highest BCUT2D eigenvalue weighted by Crippen LogP contribution is 2.36. The van der Waals surface area contributed by atoms with Crippen LogP contribution in [0.2, 0.25) is 0 Å². The van der Waals surface area contributed by atoms with Crippen molar-refractivity contribution in [1.82, 2.24) is 4.57 Å². The maximum absolute atomic E-state index is 13.7. The normalized spacial score (nSPS) is 15.3. The van der Waals surface area contributed by atoms with Crippen molar-refractivity contribution in [2.45, 2.75) is 33.7 Å². The van der Waals surface area contributed by atoms with Crippen molar-refractivity contribution < 1.29 is 23.8 Å². The quantitative estimate of drug-likeness (QED) is 0.313. The number of nitrogens with zero attached hydrogens (tertiary/aromatic N) is 2. The topological polar surface area (TPSA) is 96.2 Å². The molecular weight excluding hydrogens is 516 g/mol. The number of rotatable bonds is 8. The van der Waals surface area contributed by atoms with Gasteiger partial charge in [0.15, 0.2) is 16.3 Å². The van der Waals surface area contributed by atoms with Gasteiger partial charge in [-0.1, -0.05) is 73.7 Å². The minimum absolute atomic E-state index is 0.133. The molecule has 0 fully saturated rings. The largest absolute Gasteiger partial charge is 0.493 e. The van der Waals surface area contributed by atoms with Gasteiger partial charge >= 0.3 is 11.9 Å². The molecule has 1 aliphatic heterocycles. The highest BCUT2D eigenvalue weighted by Gasteiger charge is 2.34. The van der Waals surface area contributed by atoms with Gasteiger partial charge in [0, 0.05) is 6.92 Å². The predicted octanol–water partition coefficient (Wildman–Crippen LogP) is 4.03. The summed E-state index contributed by atoms with van der Waals surface area (Å²) in [7, 11) is 1.45. The molecule has 2 aromatic carbocycles. The van der Waals surface area contributed by atoms with E-state index in [0.717, 1.165) is 5.56 Å². The van der Waals surface area contributed by atoms with Crippen LogP contribution in [0.1, 0.15) is 44.9 Å². The zero-order valence-electron chi connectivity index (χ0n) is 22.5. The standard InChI is InChI=1S/C30H30N2O6S/c1-18(2)17-37-29(35)26-19(3)31-30-32(27(26)22-14-15-23(38-20(4)33)24(16-22)36-5)28(34)25(39-30)13-9-12-21-10-7-6-8-11-21/h6-16,18,27H,17H2,1-5H3. The Labute approximate surface area is 230 Å². The van der Waals surface area contributed by atoms with Gasteiger partial charge in [0.25, 0.3) is 5.56 Å². The molecule has 1 aliphatic rings. The van der Waals surface area contributed by atoms with Crippen molar-refractivity contribution in [3.05, 3.63) is 96.7 Å². The molecule has 1 atom stereocenters. The molecular formula is C30H30N2O6S. The molecule has 1 aromatic heterocycles. The Bertz CT molecular complexity index is 1630. The number of thiazole rings is 1. The summed E-state index contributed by atoms with van der Waals surface area (Å²) >= 11 is 1.24. The summed E-state index contributed by atoms with van der Waals surface area (Å²) in [5.74, 6) is -0.381. The van der Waals surface area contributed by atoms with Crippen molar-refractivity contribution in [2.75, 3.05) is 13.7 Å². The second kappa shape index (κ2) is 12.1. The number of carbonyl (C=O) groups is 2. The summed E-state index contributed by atoms with van der Waals surface area (Å²) in [6, 6.07) is 13.9. The molecule has 0 radical (unpaired) electrons. The molecule has 9 heteroatoms. The number of aromatic nitrogens is 1. The number of allylic oxidation sites excluding steroid dienone is 2. The van der Waals surface area contributed by atoms with Crippen LogP contribution in [-0.4, -0.2) is 30.2 Å². The lowest BCUT2D eigenvalue weighted by molar-refractivity contribution is -0.140. The minimum atomic E-state index is -0.818. The van der Waals surface area contributed by atoms with Crippen molar-refractivity contribution in [1.29, 1.82) is 0 Å². The van der Waals surface area contributed by atoms with Crippen molar-refractivity contribution in [2.24, 2.45) is 10.9 Å². The van der Waals surface area contributed by atoms with Crippen LogP contribution in [0.15, 0.2) is 75.7 Å². The van der Waals surface area contributed by atoms with E-state index in [1.54, 1.807) is 31.2 Å². The lowest BCUT2D eigenvalue weighted by Gasteiger charge is -2.25. The third-order valence-electron chi connectivity index (χ3n) is 5.88. The number of carbonyl (C=O) groups excluding carboxylic acids is 2. The van der Waals surface area contributed by atoms with E-state index in [9.17, 15) is 14.4 Å². The molecule has 39 heavy (non-hydrogen) atoms. The van der Waals surface area contributed by atoms with Gasteiger partial charge in [-0.3, -0.25) is 14.2 Å². The fraction of sp³-hybridized carbons (Fsp3) is 0.267. The summed E-state index contributed by atoms with van der Waals surface area (Å²) in [5, 5.41) is 0. The fourth-order valence-corrected chi connectivity index (χ4v) is 5.13. The second-order valence-corrected chi connectivity index (χ2v) is 10.4. The first kappa shape index (κ1) is 27.8. The van der Waals surface area contributed by atoms with Gasteiger partial charge in [-0.25, -0.2) is 9.79 Å². The van der Waals surface area contributed by atoms with Gasteiger partial charge in [-0.15, -0.1) is 0 Å². The maximum Gasteiger partial charge on any atom is 0.338 e. The van der Waals surface area contributed by atoms with Crippen molar-refractivity contribution in [3.63, 3.8) is 0 Å². The maximum atomic E-state index is 13.7. The van der Waals surface area contributed by atoms with E-state index in [4.69, 9.17) is 14.2 Å². The first-order valence-electron chi connectivity index (χ1n) is 12.5. The molecule has 0 N–H and O–H groups in total. The fourth-order valence-electron chi connectivity index (χ4n) is 4.14. The number of hydrogen-bond donors (Lipinski definition) is 0. The van der Waals surface area contributed by atoms with Crippen LogP contribution >= 0.6 is 11.3 Å². The minimum Gasteiger partial charge on any atom is -0.493 e. The smallest absolute Gasteiger partial charge is 0.338 e. The zero-order valence-corrected chi connectivity index (χ0v) is 23.3. The predicted molar refractivity (Wildman–Crippen MR) is 150 cm³/mol. The Morgan fingerprint density at radius 3 is 2.54 bits per heavy atom. The first-order chi connectivity index (χ1) is 18.7. The number of fused-ring (bicyclic) bond motifs is 1. The van der Waals surface area contributed by atoms with E-state index >= 15 is 0 Å². The monoisotopic (exact) mass is 546 g/mol. The van der Waals surface area contributed by atoms with Gasteiger partial charge in [-0.05, 0) is 42.2 Å². The van der Waals surface area contributed by atoms with Crippen LogP contribution in [0.4, 0.5) is 0 Å². The number of esters is 2. The Morgan fingerprint density at radius 1 is 1.13 bits per heavy atom. The summed E-state index contributed by atoms with van der Waals surface area (Å²) in [4.78, 5) is 43.7. The van der Waals surface area contributed by atoms with Gasteiger partial charge in [0.05, 0.1) is 35.6 Å². The number of methoxy groups -OCH3 is 1. The van der Waals surface area contributed by atoms with E-state index < -0.39 is 18.0 Å². The van der Waals surface area contributed by atoms with E-state index in [1.807, 2.05) is 56.3 Å². The Morgan fingerprint density at radius 2 is 1.87 bits per heavy atom. The molecule has 2 heterocycles. The molecule has 202 valence electrons. The van der Waals surface area contributed by atoms with E-state index in [2.05, 4.69) is 4.99 Å². The summed E-state index contributed by atoms with van der Waals surface area (Å²) in [6.07, 6.45) is 5.47. The molecule has 4 rings (SSSR count). The van der Waals surface area contributed by atoms with Gasteiger partial charge < -0.3 is 14.2 Å². The Hall–Kier alpha value is -4.24. The average molecular weight is 547 g/mol. The molecule has 0 bridgehead atoms. The van der Waals surface area contributed by atoms with E-state index in [0.29, 0.717) is 26.3 Å². The molecule has 0 amide bonds. The highest BCUT2D eigenvalue weighted by molar-refractivity contribution is 7.07. The molecule has 0 saturated carbocycles. The number of ether oxygens (including phenoxy) is 3. The van der Waals surface area contributed by atoms with Crippen LogP contribution in [0.25, 0.3) is 12.2 Å². The summed E-state index contributed by atoms with van der Waals surface area (Å²) in [6.45, 7) is 7.15. The third-order valence-corrected chi connectivity index (χ3v) is 6.88. The van der Waals surface area contributed by atoms with E-state index in [1.165, 1.54) is 29.9 Å². The van der Waals surface area contributed by atoms with Crippen LogP contribution in [0, 0.1) is 5.92 Å². The van der Waals surface area contributed by atoms with Gasteiger partial charge in [0.1, 0.15) is 0 Å². The molecule has 0 spiro atoms. The summed E-state index contributed by atoms with van der Waals surface area (Å²) in [5.41, 5.74) is 2.03. The highest BCUT2D eigenvalue weighted by atomic mass is 32.1. The lowest BCUT2D eigenvalue weighted by Crippen LogP contribution is -2.40. The lowest BCUT2D eigenvalue weighted by atomic mass is 9.95. The van der Waals surface area contributed by atoms with Crippen LogP contribution in [-0.2, 0) is 14.3 Å². The Kier molecular flexibility index (Phi) is 8.61. The second-order valence-electron chi connectivity index (χ2n) is 9.37. The molecule has 8 nitrogen and oxygen atoms in total. The van der Waals surface area contributed by atoms with Crippen molar-refractivity contribution >= 4 is 35.4 Å². The molecule has 0 saturated heterocycles. The number of benzene rings is 2. The SMILES string of the molecule is COc1cc(C2C(C(=O)OCC(C)C)=C(C)N=c3sc(=CC=Cc4ccccc4)c(=O)n32)ccc1OC(C)=O. The van der Waals surface area contributed by atoms with Crippen molar-refractivity contribution in [3.8, 4) is 11.5 Å². The average Bonchev–Trinajstić information content (AvgIpc) is 3.21. The van der Waals surface area contributed by atoms with Crippen LogP contribution < -0.4 is 24.4 Å². The van der Waals surface area contributed by atoms with Gasteiger partial charge in [0.2, 0.25) is 0 Å². The summed E-state index contributed by atoms with van der Waals surface area (Å²) < 4.78 is 18.3. The molecule has 0 aliphatic carbocycles. The van der Waals surface area contributed by atoms with Crippen LogP contribution in [0.3, 0.4) is 0 Å². The Balaban J connectivity index is 1.86. The third kappa shape index (κ3) is 6.26. The van der Waals surface area contributed by atoms with Gasteiger partial charge in [-0.2, -0.15) is 0 Å². The van der Waals surface area contributed by atoms with Crippen LogP contribution in [0.5, 0.6) is 11.5 Å². The zero-order chi connectivity index (χ0) is 28.1.